The van der Waals surface area contributed by atoms with Crippen LogP contribution in [0.15, 0.2) is 42.5 Å². The number of fused-ring (bicyclic) bond motifs is 2. The van der Waals surface area contributed by atoms with Gasteiger partial charge in [0.25, 0.3) is 0 Å². The number of para-hydroxylation sites is 2. The summed E-state index contributed by atoms with van der Waals surface area (Å²) < 4.78 is 5.98. The van der Waals surface area contributed by atoms with Gasteiger partial charge >= 0.3 is 0 Å². The third-order valence-corrected chi connectivity index (χ3v) is 3.31. The Bertz CT molecular complexity index is 543. The van der Waals surface area contributed by atoms with Gasteiger partial charge in [-0.25, -0.2) is 0 Å². The van der Waals surface area contributed by atoms with Gasteiger partial charge in [0, 0.05) is 17.0 Å². The summed E-state index contributed by atoms with van der Waals surface area (Å²) in [6, 6.07) is 14.6. The van der Waals surface area contributed by atoms with Crippen molar-refractivity contribution < 1.29 is 4.74 Å². The van der Waals surface area contributed by atoms with Crippen molar-refractivity contribution in [3.63, 3.8) is 0 Å². The van der Waals surface area contributed by atoms with Crippen molar-refractivity contribution in [3.8, 4) is 11.5 Å². The molecular formula is C15H14O. The highest BCUT2D eigenvalue weighted by Crippen LogP contribution is 2.44. The number of benzene rings is 2. The number of aryl methyl sites for hydroxylation is 1. The normalized spacial score (nSPS) is 17.2. The van der Waals surface area contributed by atoms with Crippen LogP contribution in [0, 0.1) is 6.92 Å². The molecule has 0 amide bonds. The molecule has 1 atom stereocenters. The summed E-state index contributed by atoms with van der Waals surface area (Å²) in [6.07, 6.45) is 0. The minimum Gasteiger partial charge on any atom is -0.456 e. The van der Waals surface area contributed by atoms with Gasteiger partial charge in [0.1, 0.15) is 11.5 Å². The lowest BCUT2D eigenvalue weighted by Gasteiger charge is -2.26. The second-order valence-electron chi connectivity index (χ2n) is 4.35. The second kappa shape index (κ2) is 3.38. The lowest BCUT2D eigenvalue weighted by atomic mass is 9.88. The molecule has 3 rings (SSSR count). The van der Waals surface area contributed by atoms with Crippen LogP contribution in [0.5, 0.6) is 11.5 Å². The van der Waals surface area contributed by atoms with E-state index in [9.17, 15) is 0 Å². The van der Waals surface area contributed by atoms with Gasteiger partial charge in [-0.3, -0.25) is 0 Å². The fraction of sp³-hybridized carbons (Fsp3) is 0.200. The maximum atomic E-state index is 5.98. The molecule has 0 aromatic heterocycles. The molecule has 1 heteroatoms. The third-order valence-electron chi connectivity index (χ3n) is 3.31. The SMILES string of the molecule is Cc1cccc2c1Oc1ccccc1C2C. The molecule has 80 valence electrons. The van der Waals surface area contributed by atoms with Crippen molar-refractivity contribution in [3.05, 3.63) is 59.2 Å². The van der Waals surface area contributed by atoms with Crippen molar-refractivity contribution in [2.45, 2.75) is 19.8 Å². The van der Waals surface area contributed by atoms with Crippen LogP contribution in [0.3, 0.4) is 0 Å². The highest BCUT2D eigenvalue weighted by atomic mass is 16.5. The molecule has 0 fully saturated rings. The first-order chi connectivity index (χ1) is 7.77. The minimum atomic E-state index is 0.417. The molecule has 16 heavy (non-hydrogen) atoms. The van der Waals surface area contributed by atoms with Crippen LogP contribution in [0.1, 0.15) is 29.5 Å². The van der Waals surface area contributed by atoms with Gasteiger partial charge in [0.15, 0.2) is 0 Å². The van der Waals surface area contributed by atoms with Crippen LogP contribution in [0.25, 0.3) is 0 Å². The van der Waals surface area contributed by atoms with E-state index in [1.807, 2.05) is 12.1 Å². The maximum Gasteiger partial charge on any atom is 0.134 e. The molecule has 0 saturated heterocycles. The van der Waals surface area contributed by atoms with Crippen LogP contribution < -0.4 is 4.74 Å². The van der Waals surface area contributed by atoms with E-state index in [1.165, 1.54) is 16.7 Å². The summed E-state index contributed by atoms with van der Waals surface area (Å²) in [6.45, 7) is 4.33. The third kappa shape index (κ3) is 1.25. The Morgan fingerprint density at radius 1 is 0.938 bits per heavy atom. The predicted molar refractivity (Wildman–Crippen MR) is 65.2 cm³/mol. The molecule has 0 radical (unpaired) electrons. The molecule has 1 unspecified atom stereocenters. The van der Waals surface area contributed by atoms with Crippen LogP contribution in [-0.4, -0.2) is 0 Å². The quantitative estimate of drug-likeness (QED) is 0.631. The van der Waals surface area contributed by atoms with Gasteiger partial charge < -0.3 is 4.74 Å². The summed E-state index contributed by atoms with van der Waals surface area (Å²) in [7, 11) is 0. The van der Waals surface area contributed by atoms with Crippen molar-refractivity contribution in [2.75, 3.05) is 0 Å². The summed E-state index contributed by atoms with van der Waals surface area (Å²) >= 11 is 0. The van der Waals surface area contributed by atoms with Gasteiger partial charge in [-0.05, 0) is 18.6 Å². The molecule has 0 bridgehead atoms. The van der Waals surface area contributed by atoms with Crippen LogP contribution in [0.4, 0.5) is 0 Å². The summed E-state index contributed by atoms with van der Waals surface area (Å²) in [4.78, 5) is 0. The monoisotopic (exact) mass is 210 g/mol. The van der Waals surface area contributed by atoms with Crippen molar-refractivity contribution in [2.24, 2.45) is 0 Å². The molecule has 0 spiro atoms. The molecule has 1 heterocycles. The van der Waals surface area contributed by atoms with Gasteiger partial charge in [-0.2, -0.15) is 0 Å². The van der Waals surface area contributed by atoms with Gasteiger partial charge in [-0.15, -0.1) is 0 Å². The average molecular weight is 210 g/mol. The Morgan fingerprint density at radius 3 is 2.56 bits per heavy atom. The fourth-order valence-electron chi connectivity index (χ4n) is 2.36. The first kappa shape index (κ1) is 9.46. The van der Waals surface area contributed by atoms with Gasteiger partial charge in [0.2, 0.25) is 0 Å². The number of hydrogen-bond acceptors (Lipinski definition) is 1. The summed E-state index contributed by atoms with van der Waals surface area (Å²) in [5.41, 5.74) is 3.78. The van der Waals surface area contributed by atoms with E-state index in [0.29, 0.717) is 5.92 Å². The Morgan fingerprint density at radius 2 is 1.69 bits per heavy atom. The topological polar surface area (TPSA) is 9.23 Å². The fourth-order valence-corrected chi connectivity index (χ4v) is 2.36. The van der Waals surface area contributed by atoms with E-state index in [1.54, 1.807) is 0 Å². The lowest BCUT2D eigenvalue weighted by molar-refractivity contribution is 0.446. The molecule has 0 N–H and O–H groups in total. The average Bonchev–Trinajstić information content (AvgIpc) is 2.31. The highest BCUT2D eigenvalue weighted by molar-refractivity contribution is 5.55. The molecule has 0 saturated carbocycles. The smallest absolute Gasteiger partial charge is 0.134 e. The zero-order valence-electron chi connectivity index (χ0n) is 9.53. The predicted octanol–water partition coefficient (Wildman–Crippen LogP) is 4.25. The summed E-state index contributed by atoms with van der Waals surface area (Å²) in [5, 5.41) is 0. The molecule has 1 aliphatic rings. The van der Waals surface area contributed by atoms with Crippen molar-refractivity contribution >= 4 is 0 Å². The Labute approximate surface area is 95.7 Å². The van der Waals surface area contributed by atoms with Crippen LogP contribution in [0.2, 0.25) is 0 Å². The number of hydrogen-bond donors (Lipinski definition) is 0. The number of ether oxygens (including phenoxy) is 1. The lowest BCUT2D eigenvalue weighted by Crippen LogP contribution is -2.08. The minimum absolute atomic E-state index is 0.417. The molecule has 2 aromatic rings. The largest absolute Gasteiger partial charge is 0.456 e. The zero-order valence-corrected chi connectivity index (χ0v) is 9.53. The molecule has 1 nitrogen and oxygen atoms in total. The van der Waals surface area contributed by atoms with Crippen molar-refractivity contribution in [1.82, 2.24) is 0 Å². The van der Waals surface area contributed by atoms with E-state index < -0.39 is 0 Å². The molecular weight excluding hydrogens is 196 g/mol. The standard InChI is InChI=1S/C15H14O/c1-10-6-5-8-13-11(2)12-7-3-4-9-14(12)16-15(10)13/h3-9,11H,1-2H3. The zero-order chi connectivity index (χ0) is 11.1. The van der Waals surface area contributed by atoms with E-state index in [0.717, 1.165) is 11.5 Å². The molecule has 1 aliphatic heterocycles. The Kier molecular flexibility index (Phi) is 2.00. The van der Waals surface area contributed by atoms with Gasteiger partial charge in [-0.1, -0.05) is 43.3 Å². The Balaban J connectivity index is 2.22. The maximum absolute atomic E-state index is 5.98. The first-order valence-electron chi connectivity index (χ1n) is 5.63. The Hall–Kier alpha value is -1.76. The van der Waals surface area contributed by atoms with E-state index in [4.69, 9.17) is 4.74 Å². The first-order valence-corrected chi connectivity index (χ1v) is 5.63. The van der Waals surface area contributed by atoms with Crippen LogP contribution in [-0.2, 0) is 0 Å². The van der Waals surface area contributed by atoms with Crippen LogP contribution >= 0.6 is 0 Å². The highest BCUT2D eigenvalue weighted by Gasteiger charge is 2.24. The number of rotatable bonds is 0. The second-order valence-corrected chi connectivity index (χ2v) is 4.35. The van der Waals surface area contributed by atoms with E-state index >= 15 is 0 Å². The van der Waals surface area contributed by atoms with E-state index in [2.05, 4.69) is 44.2 Å². The van der Waals surface area contributed by atoms with Gasteiger partial charge in [0.05, 0.1) is 0 Å². The molecule has 2 aromatic carbocycles. The summed E-state index contributed by atoms with van der Waals surface area (Å²) in [5.74, 6) is 2.45. The van der Waals surface area contributed by atoms with E-state index in [-0.39, 0.29) is 0 Å². The molecule has 0 aliphatic carbocycles. The van der Waals surface area contributed by atoms with Crippen molar-refractivity contribution in [1.29, 1.82) is 0 Å².